The molecule has 0 amide bonds. The lowest BCUT2D eigenvalue weighted by Crippen LogP contribution is -2.70. The van der Waals surface area contributed by atoms with Gasteiger partial charge in [-0.1, -0.05) is 163 Å². The lowest BCUT2D eigenvalue weighted by Gasteiger charge is -2.47. The highest BCUT2D eigenvalue weighted by Crippen LogP contribution is 2.45. The Hall–Kier alpha value is -2.85. The molecule has 2 saturated heterocycles. The first-order valence-electron chi connectivity index (χ1n) is 15.9. The van der Waals surface area contributed by atoms with E-state index in [0.29, 0.717) is 13.2 Å². The van der Waals surface area contributed by atoms with Gasteiger partial charge >= 0.3 is 0 Å². The fourth-order valence-corrected chi connectivity index (χ4v) is 16.9. The highest BCUT2D eigenvalue weighted by molar-refractivity contribution is 7.00. The zero-order chi connectivity index (χ0) is 31.0. The van der Waals surface area contributed by atoms with Gasteiger partial charge in [0.1, 0.15) is 0 Å². The fourth-order valence-electron chi connectivity index (χ4n) is 7.52. The molecule has 2 atom stereocenters. The standard InChI is InChI=1S/C38H46O4Si2/c1-37(2,3)43(29-19-11-7-12-20-29,30-21-13-8-14-22-30)41-33-27-39-36-35(33)34(28-40-36)42-44(38(4,5)6,31-23-15-9-16-24-31)32-25-17-10-18-26-32/h7-26,33-36H,27-28H2,1-6H3/t33-,34-,35?,36?/m0/s1. The van der Waals surface area contributed by atoms with E-state index in [1.54, 1.807) is 0 Å². The average molecular weight is 623 g/mol. The molecule has 2 heterocycles. The van der Waals surface area contributed by atoms with Crippen LogP contribution in [-0.4, -0.2) is 48.3 Å². The van der Waals surface area contributed by atoms with E-state index in [0.717, 1.165) is 0 Å². The third-order valence-corrected chi connectivity index (χ3v) is 19.6. The zero-order valence-corrected chi connectivity index (χ0v) is 28.9. The summed E-state index contributed by atoms with van der Waals surface area (Å²) in [4.78, 5) is 0. The first kappa shape index (κ1) is 31.1. The van der Waals surface area contributed by atoms with Crippen LogP contribution in [0.1, 0.15) is 41.5 Å². The lowest BCUT2D eigenvalue weighted by molar-refractivity contribution is -0.0910. The number of benzene rings is 4. The first-order valence-corrected chi connectivity index (χ1v) is 19.7. The molecule has 4 aromatic carbocycles. The van der Waals surface area contributed by atoms with E-state index in [4.69, 9.17) is 18.3 Å². The predicted molar refractivity (Wildman–Crippen MR) is 184 cm³/mol. The van der Waals surface area contributed by atoms with E-state index in [1.165, 1.54) is 20.7 Å². The molecule has 44 heavy (non-hydrogen) atoms. The zero-order valence-electron chi connectivity index (χ0n) is 26.9. The van der Waals surface area contributed by atoms with Crippen molar-refractivity contribution in [3.63, 3.8) is 0 Å². The van der Waals surface area contributed by atoms with Crippen molar-refractivity contribution in [2.75, 3.05) is 13.2 Å². The van der Waals surface area contributed by atoms with Crippen molar-refractivity contribution in [2.24, 2.45) is 5.92 Å². The van der Waals surface area contributed by atoms with Crippen molar-refractivity contribution < 1.29 is 18.3 Å². The molecule has 4 nitrogen and oxygen atoms in total. The van der Waals surface area contributed by atoms with Crippen LogP contribution < -0.4 is 20.7 Å². The number of fused-ring (bicyclic) bond motifs is 1. The van der Waals surface area contributed by atoms with E-state index in [1.807, 2.05) is 0 Å². The Morgan fingerprint density at radius 2 is 0.750 bits per heavy atom. The number of rotatable bonds is 8. The smallest absolute Gasteiger partial charge is 0.261 e. The van der Waals surface area contributed by atoms with Gasteiger partial charge in [-0.3, -0.25) is 0 Å². The van der Waals surface area contributed by atoms with Crippen LogP contribution in [0.5, 0.6) is 0 Å². The van der Waals surface area contributed by atoms with Crippen LogP contribution in [0.25, 0.3) is 0 Å². The molecule has 4 aromatic rings. The quantitative estimate of drug-likeness (QED) is 0.230. The Morgan fingerprint density at radius 3 is 1.00 bits per heavy atom. The summed E-state index contributed by atoms with van der Waals surface area (Å²) in [5.41, 5.74) is 0. The summed E-state index contributed by atoms with van der Waals surface area (Å²) < 4.78 is 28.1. The molecule has 0 radical (unpaired) electrons. The predicted octanol–water partition coefficient (Wildman–Crippen LogP) is 5.88. The third-order valence-electron chi connectivity index (χ3n) is 9.51. The van der Waals surface area contributed by atoms with Crippen LogP contribution in [0.2, 0.25) is 10.1 Å². The molecule has 0 bridgehead atoms. The largest absolute Gasteiger partial charge is 0.402 e. The molecule has 0 saturated carbocycles. The first-order chi connectivity index (χ1) is 21.1. The number of hydrogen-bond donors (Lipinski definition) is 0. The normalized spacial score (nSPS) is 22.6. The van der Waals surface area contributed by atoms with Crippen LogP contribution >= 0.6 is 0 Å². The van der Waals surface area contributed by atoms with Gasteiger partial charge in [-0.15, -0.1) is 0 Å². The summed E-state index contributed by atoms with van der Waals surface area (Å²) in [6.45, 7) is 14.9. The van der Waals surface area contributed by atoms with Gasteiger partial charge in [0.2, 0.25) is 0 Å². The van der Waals surface area contributed by atoms with Gasteiger partial charge in [0.15, 0.2) is 6.29 Å². The van der Waals surface area contributed by atoms with E-state index in [2.05, 4.69) is 163 Å². The SMILES string of the molecule is CC(C)(C)[Si](O[C@H]1COC2OC[C@H](O[Si](c3ccccc3)(c3ccccc3)C(C)(C)C)C21)(c1ccccc1)c1ccccc1. The van der Waals surface area contributed by atoms with Gasteiger partial charge in [-0.05, 0) is 30.8 Å². The molecule has 2 fully saturated rings. The molecule has 230 valence electrons. The fraction of sp³-hybridized carbons (Fsp3) is 0.368. The van der Waals surface area contributed by atoms with E-state index in [-0.39, 0.29) is 34.5 Å². The van der Waals surface area contributed by atoms with Crippen LogP contribution in [0.3, 0.4) is 0 Å². The Balaban J connectivity index is 1.44. The molecular formula is C38H46O4Si2. The van der Waals surface area contributed by atoms with E-state index < -0.39 is 16.6 Å². The summed E-state index contributed by atoms with van der Waals surface area (Å²) in [6.07, 6.45) is -0.685. The van der Waals surface area contributed by atoms with Gasteiger partial charge in [0, 0.05) is 0 Å². The second kappa shape index (κ2) is 12.2. The van der Waals surface area contributed by atoms with Crippen molar-refractivity contribution in [1.29, 1.82) is 0 Å². The van der Waals surface area contributed by atoms with Gasteiger partial charge in [-0.25, -0.2) is 0 Å². The van der Waals surface area contributed by atoms with Gasteiger partial charge < -0.3 is 18.3 Å². The Kier molecular flexibility index (Phi) is 8.61. The molecule has 0 N–H and O–H groups in total. The second-order valence-corrected chi connectivity index (χ2v) is 22.8. The minimum absolute atomic E-state index is 0.0432. The van der Waals surface area contributed by atoms with Gasteiger partial charge in [0.25, 0.3) is 16.6 Å². The van der Waals surface area contributed by atoms with Crippen molar-refractivity contribution in [3.05, 3.63) is 121 Å². The third kappa shape index (κ3) is 5.36. The summed E-state index contributed by atoms with van der Waals surface area (Å²) in [7, 11) is -5.61. The molecule has 6 heteroatoms. The molecule has 0 unspecified atom stereocenters. The molecule has 2 aliphatic rings. The van der Waals surface area contributed by atoms with Crippen LogP contribution in [-0.2, 0) is 18.3 Å². The van der Waals surface area contributed by atoms with Crippen LogP contribution in [0.4, 0.5) is 0 Å². The van der Waals surface area contributed by atoms with Crippen LogP contribution in [0, 0.1) is 5.92 Å². The van der Waals surface area contributed by atoms with Crippen LogP contribution in [0.15, 0.2) is 121 Å². The minimum atomic E-state index is -2.81. The van der Waals surface area contributed by atoms with Gasteiger partial charge in [-0.2, -0.15) is 0 Å². The highest BCUT2D eigenvalue weighted by Gasteiger charge is 2.60. The number of ether oxygens (including phenoxy) is 2. The number of hydrogen-bond acceptors (Lipinski definition) is 4. The molecule has 0 spiro atoms. The molecule has 2 aliphatic heterocycles. The molecule has 6 rings (SSSR count). The summed E-state index contributed by atoms with van der Waals surface area (Å²) in [6, 6.07) is 43.4. The van der Waals surface area contributed by atoms with Crippen molar-refractivity contribution in [2.45, 2.75) is 70.1 Å². The monoisotopic (exact) mass is 622 g/mol. The Labute approximate surface area is 265 Å². The maximum Gasteiger partial charge on any atom is 0.261 e. The highest BCUT2D eigenvalue weighted by atomic mass is 28.4. The molecule has 0 aliphatic carbocycles. The lowest BCUT2D eigenvalue weighted by atomic mass is 10.0. The van der Waals surface area contributed by atoms with Gasteiger partial charge in [0.05, 0.1) is 31.3 Å². The maximum absolute atomic E-state index is 7.66. The summed E-state index contributed by atoms with van der Waals surface area (Å²) in [5.74, 6) is -0.0432. The average Bonchev–Trinajstić information content (AvgIpc) is 3.62. The molecule has 0 aromatic heterocycles. The van der Waals surface area contributed by atoms with E-state index >= 15 is 0 Å². The minimum Gasteiger partial charge on any atom is -0.402 e. The Bertz CT molecular complexity index is 1310. The van der Waals surface area contributed by atoms with Crippen molar-refractivity contribution >= 4 is 37.4 Å². The second-order valence-electron chi connectivity index (χ2n) is 14.3. The van der Waals surface area contributed by atoms with Crippen molar-refractivity contribution in [3.8, 4) is 0 Å². The molecular weight excluding hydrogens is 577 g/mol. The van der Waals surface area contributed by atoms with Crippen molar-refractivity contribution in [1.82, 2.24) is 0 Å². The van der Waals surface area contributed by atoms with E-state index in [9.17, 15) is 0 Å². The summed E-state index contributed by atoms with van der Waals surface area (Å²) >= 11 is 0. The Morgan fingerprint density at radius 1 is 0.477 bits per heavy atom. The summed E-state index contributed by atoms with van der Waals surface area (Å²) in [5, 5.41) is 4.80. The maximum atomic E-state index is 7.66. The topological polar surface area (TPSA) is 36.9 Å².